The van der Waals surface area contributed by atoms with Crippen molar-refractivity contribution in [3.63, 3.8) is 0 Å². The van der Waals surface area contributed by atoms with E-state index in [-0.39, 0.29) is 6.10 Å². The van der Waals surface area contributed by atoms with E-state index in [1.165, 1.54) is 77.0 Å². The molecule has 2 N–H and O–H groups in total. The van der Waals surface area contributed by atoms with Crippen LogP contribution in [0.2, 0.25) is 0 Å². The maximum Gasteiger partial charge on any atom is 0.267 e. The van der Waals surface area contributed by atoms with Gasteiger partial charge in [0.25, 0.3) is 10.1 Å². The van der Waals surface area contributed by atoms with Gasteiger partial charge in [0, 0.05) is 0 Å². The van der Waals surface area contributed by atoms with E-state index >= 15 is 0 Å². The first-order chi connectivity index (χ1) is 12.3. The van der Waals surface area contributed by atoms with Gasteiger partial charge in [-0.1, -0.05) is 96.3 Å². The second-order valence-electron chi connectivity index (χ2n) is 8.06. The second-order valence-corrected chi connectivity index (χ2v) is 9.89. The third kappa shape index (κ3) is 18.7. The van der Waals surface area contributed by atoms with Gasteiger partial charge >= 0.3 is 0 Å². The van der Waals surface area contributed by atoms with Crippen molar-refractivity contribution in [1.29, 1.82) is 0 Å². The van der Waals surface area contributed by atoms with Crippen LogP contribution >= 0.6 is 0 Å². The molecule has 0 aromatic carbocycles. The summed E-state index contributed by atoms with van der Waals surface area (Å²) in [7, 11) is -3.84. The first-order valence-corrected chi connectivity index (χ1v) is 12.5. The minimum Gasteiger partial charge on any atom is -0.393 e. The van der Waals surface area contributed by atoms with Crippen molar-refractivity contribution in [2.24, 2.45) is 0 Å². The fourth-order valence-corrected chi connectivity index (χ4v) is 3.78. The Kier molecular flexibility index (Phi) is 16.9. The molecule has 0 amide bonds. The lowest BCUT2D eigenvalue weighted by atomic mass is 10.0. The molecule has 0 heterocycles. The third-order valence-corrected chi connectivity index (χ3v) is 6.49. The lowest BCUT2D eigenvalue weighted by molar-refractivity contribution is 0.180. The van der Waals surface area contributed by atoms with Crippen molar-refractivity contribution < 1.29 is 18.1 Å². The second kappa shape index (κ2) is 17.0. The summed E-state index contributed by atoms with van der Waals surface area (Å²) in [6.07, 6.45) is 20.2. The fourth-order valence-electron chi connectivity index (χ4n) is 3.32. The molecule has 26 heavy (non-hydrogen) atoms. The molecule has 0 aliphatic rings. The molecular formula is C21H44O4S. The molecule has 0 aliphatic heterocycles. The van der Waals surface area contributed by atoms with Gasteiger partial charge in [0.2, 0.25) is 0 Å². The molecule has 2 unspecified atom stereocenters. The minimum absolute atomic E-state index is 0.135. The van der Waals surface area contributed by atoms with E-state index in [1.807, 2.05) is 6.92 Å². The summed E-state index contributed by atoms with van der Waals surface area (Å²) in [5.41, 5.74) is 0. The standard InChI is InChI=1S/C21H44O4S/c1-20(22)18-16-14-12-10-8-6-4-3-5-7-9-11-13-15-17-19-21(2)26(23,24)25/h20-22H,3-19H2,1-2H3,(H,23,24,25). The Morgan fingerprint density at radius 2 is 0.846 bits per heavy atom. The minimum atomic E-state index is -3.84. The van der Waals surface area contributed by atoms with E-state index in [9.17, 15) is 13.5 Å². The van der Waals surface area contributed by atoms with Gasteiger partial charge in [0.05, 0.1) is 11.4 Å². The van der Waals surface area contributed by atoms with Crippen LogP contribution in [0.4, 0.5) is 0 Å². The van der Waals surface area contributed by atoms with Gasteiger partial charge < -0.3 is 5.11 Å². The predicted molar refractivity (Wildman–Crippen MR) is 111 cm³/mol. The summed E-state index contributed by atoms with van der Waals surface area (Å²) in [6.45, 7) is 3.45. The van der Waals surface area contributed by atoms with Crippen molar-refractivity contribution in [3.8, 4) is 0 Å². The SMILES string of the molecule is CC(O)CCCCCCCCCCCCCCCCCC(C)S(=O)(=O)O. The molecule has 0 saturated carbocycles. The summed E-state index contributed by atoms with van der Waals surface area (Å²) >= 11 is 0. The van der Waals surface area contributed by atoms with Crippen LogP contribution in [0.5, 0.6) is 0 Å². The summed E-state index contributed by atoms with van der Waals surface area (Å²) in [4.78, 5) is 0. The fraction of sp³-hybridized carbons (Fsp3) is 1.00. The van der Waals surface area contributed by atoms with Crippen molar-refractivity contribution in [2.75, 3.05) is 0 Å². The summed E-state index contributed by atoms with van der Waals surface area (Å²) in [5.74, 6) is 0. The smallest absolute Gasteiger partial charge is 0.267 e. The average molecular weight is 393 g/mol. The highest BCUT2D eigenvalue weighted by Crippen LogP contribution is 2.15. The van der Waals surface area contributed by atoms with Crippen LogP contribution in [0.15, 0.2) is 0 Å². The highest BCUT2D eigenvalue weighted by molar-refractivity contribution is 7.86. The molecule has 0 saturated heterocycles. The van der Waals surface area contributed by atoms with E-state index in [0.717, 1.165) is 25.7 Å². The molecule has 0 radical (unpaired) electrons. The lowest BCUT2D eigenvalue weighted by Gasteiger charge is -2.07. The van der Waals surface area contributed by atoms with Crippen molar-refractivity contribution in [1.82, 2.24) is 0 Å². The lowest BCUT2D eigenvalue weighted by Crippen LogP contribution is -2.16. The maximum absolute atomic E-state index is 10.9. The summed E-state index contributed by atoms with van der Waals surface area (Å²) < 4.78 is 30.7. The molecule has 158 valence electrons. The first kappa shape index (κ1) is 25.9. The zero-order valence-corrected chi connectivity index (χ0v) is 18.1. The zero-order chi connectivity index (χ0) is 19.7. The van der Waals surface area contributed by atoms with E-state index in [0.29, 0.717) is 6.42 Å². The van der Waals surface area contributed by atoms with Crippen molar-refractivity contribution in [3.05, 3.63) is 0 Å². The summed E-state index contributed by atoms with van der Waals surface area (Å²) in [5, 5.41) is 8.57. The van der Waals surface area contributed by atoms with Crippen LogP contribution in [0.3, 0.4) is 0 Å². The van der Waals surface area contributed by atoms with Crippen LogP contribution in [0, 0.1) is 0 Å². The van der Waals surface area contributed by atoms with Crippen LogP contribution in [-0.2, 0) is 10.1 Å². The largest absolute Gasteiger partial charge is 0.393 e. The topological polar surface area (TPSA) is 74.6 Å². The highest BCUT2D eigenvalue weighted by atomic mass is 32.2. The van der Waals surface area contributed by atoms with E-state index in [4.69, 9.17) is 4.55 Å². The van der Waals surface area contributed by atoms with Crippen molar-refractivity contribution >= 4 is 10.1 Å². The predicted octanol–water partition coefficient (Wildman–Crippen LogP) is 6.28. The molecule has 0 aliphatic carbocycles. The van der Waals surface area contributed by atoms with Gasteiger partial charge in [-0.25, -0.2) is 0 Å². The number of hydrogen-bond acceptors (Lipinski definition) is 3. The van der Waals surface area contributed by atoms with E-state index in [2.05, 4.69) is 0 Å². The Morgan fingerprint density at radius 3 is 1.12 bits per heavy atom. The molecule has 4 nitrogen and oxygen atoms in total. The monoisotopic (exact) mass is 392 g/mol. The van der Waals surface area contributed by atoms with E-state index < -0.39 is 15.4 Å². The average Bonchev–Trinajstić information content (AvgIpc) is 2.56. The van der Waals surface area contributed by atoms with Gasteiger partial charge in [0.1, 0.15) is 0 Å². The summed E-state index contributed by atoms with van der Waals surface area (Å²) in [6, 6.07) is 0. The van der Waals surface area contributed by atoms with Crippen molar-refractivity contribution in [2.45, 2.75) is 134 Å². The van der Waals surface area contributed by atoms with Crippen LogP contribution < -0.4 is 0 Å². The molecule has 0 rings (SSSR count). The molecule has 0 aromatic rings. The maximum atomic E-state index is 10.9. The molecule has 0 aromatic heterocycles. The number of unbranched alkanes of at least 4 members (excludes halogenated alkanes) is 14. The Labute approximate surface area is 162 Å². The Hall–Kier alpha value is -0.130. The molecule has 5 heteroatoms. The Bertz CT molecular complexity index is 393. The zero-order valence-electron chi connectivity index (χ0n) is 17.3. The Morgan fingerprint density at radius 1 is 0.577 bits per heavy atom. The van der Waals surface area contributed by atoms with Crippen LogP contribution in [0.1, 0.15) is 123 Å². The van der Waals surface area contributed by atoms with Crippen LogP contribution in [-0.4, -0.2) is 29.4 Å². The highest BCUT2D eigenvalue weighted by Gasteiger charge is 2.15. The normalized spacial score (nSPS) is 14.5. The van der Waals surface area contributed by atoms with Gasteiger partial charge in [-0.05, 0) is 26.7 Å². The van der Waals surface area contributed by atoms with Gasteiger partial charge in [-0.15, -0.1) is 0 Å². The quantitative estimate of drug-likeness (QED) is 0.200. The molecule has 2 atom stereocenters. The number of hydrogen-bond donors (Lipinski definition) is 2. The number of aliphatic hydroxyl groups is 1. The molecule has 0 fully saturated rings. The van der Waals surface area contributed by atoms with Gasteiger partial charge in [-0.3, -0.25) is 4.55 Å². The molecule has 0 bridgehead atoms. The number of rotatable bonds is 19. The van der Waals surface area contributed by atoms with Crippen LogP contribution in [0.25, 0.3) is 0 Å². The molecule has 0 spiro atoms. The molecular weight excluding hydrogens is 348 g/mol. The number of aliphatic hydroxyl groups excluding tert-OH is 1. The first-order valence-electron chi connectivity index (χ1n) is 11.0. The van der Waals surface area contributed by atoms with Gasteiger partial charge in [-0.2, -0.15) is 8.42 Å². The third-order valence-electron chi connectivity index (χ3n) is 5.24. The van der Waals surface area contributed by atoms with E-state index in [1.54, 1.807) is 6.92 Å². The van der Waals surface area contributed by atoms with Gasteiger partial charge in [0.15, 0.2) is 0 Å². The Balaban J connectivity index is 3.14.